The number of guanidine groups is 1. The van der Waals surface area contributed by atoms with Crippen molar-refractivity contribution in [3.05, 3.63) is 35.9 Å². The number of hydrogen-bond acceptors (Lipinski definition) is 7. The summed E-state index contributed by atoms with van der Waals surface area (Å²) in [4.78, 5) is 53.9. The maximum atomic E-state index is 13.0. The van der Waals surface area contributed by atoms with Crippen molar-refractivity contribution in [1.29, 1.82) is 0 Å². The molecule has 13 heteroatoms. The lowest BCUT2D eigenvalue weighted by Crippen LogP contribution is -2.61. The number of nitrogens with two attached hydrogens (primary N) is 3. The van der Waals surface area contributed by atoms with Crippen molar-refractivity contribution in [1.82, 2.24) is 16.0 Å². The predicted molar refractivity (Wildman–Crippen MR) is 138 cm³/mol. The van der Waals surface area contributed by atoms with Gasteiger partial charge in [0.15, 0.2) is 5.96 Å². The van der Waals surface area contributed by atoms with Crippen LogP contribution in [0.15, 0.2) is 35.3 Å². The quantitative estimate of drug-likeness (QED) is 0.0736. The first kappa shape index (κ1) is 31.3. The average molecular weight is 522 g/mol. The van der Waals surface area contributed by atoms with Crippen LogP contribution in [0.4, 0.5) is 0 Å². The Morgan fingerprint density at radius 2 is 1.49 bits per heavy atom. The second-order valence-corrected chi connectivity index (χ2v) is 9.10. The summed E-state index contributed by atoms with van der Waals surface area (Å²) < 4.78 is 0. The van der Waals surface area contributed by atoms with Gasteiger partial charge in [0.1, 0.15) is 18.1 Å². The molecule has 3 amide bonds. The van der Waals surface area contributed by atoms with Crippen LogP contribution >= 0.6 is 0 Å². The molecule has 13 nitrogen and oxygen atoms in total. The van der Waals surface area contributed by atoms with Gasteiger partial charge < -0.3 is 43.4 Å². The van der Waals surface area contributed by atoms with Gasteiger partial charge in [0, 0.05) is 13.0 Å². The number of carbonyl (C=O) groups excluding carboxylic acids is 3. The SMILES string of the molecule is CC(C)[C@H](NC(=O)[C@@H](N)CCCN=C(N)N)C(=O)N[C@H](C(=O)N[C@H](Cc1ccccc1)C(=O)O)[C@@H](C)O. The minimum atomic E-state index is -1.46. The molecule has 0 aliphatic carbocycles. The highest BCUT2D eigenvalue weighted by Gasteiger charge is 2.33. The van der Waals surface area contributed by atoms with Crippen molar-refractivity contribution in [2.45, 2.75) is 70.3 Å². The van der Waals surface area contributed by atoms with Crippen LogP contribution in [0.3, 0.4) is 0 Å². The molecular weight excluding hydrogens is 482 g/mol. The minimum Gasteiger partial charge on any atom is -0.480 e. The highest BCUT2D eigenvalue weighted by molar-refractivity contribution is 5.94. The molecule has 1 aromatic carbocycles. The lowest BCUT2D eigenvalue weighted by molar-refractivity contribution is -0.143. The predicted octanol–water partition coefficient (Wildman–Crippen LogP) is -1.81. The van der Waals surface area contributed by atoms with Crippen molar-refractivity contribution in [2.24, 2.45) is 28.1 Å². The molecule has 0 saturated carbocycles. The van der Waals surface area contributed by atoms with Crippen LogP contribution in [-0.2, 0) is 25.6 Å². The summed E-state index contributed by atoms with van der Waals surface area (Å²) in [6.07, 6.45) is -0.625. The van der Waals surface area contributed by atoms with Crippen LogP contribution in [0.2, 0.25) is 0 Å². The molecule has 37 heavy (non-hydrogen) atoms. The van der Waals surface area contributed by atoms with E-state index in [2.05, 4.69) is 20.9 Å². The number of amides is 3. The smallest absolute Gasteiger partial charge is 0.326 e. The Bertz CT molecular complexity index is 935. The van der Waals surface area contributed by atoms with E-state index in [-0.39, 0.29) is 24.7 Å². The lowest BCUT2D eigenvalue weighted by Gasteiger charge is -2.28. The molecule has 0 radical (unpaired) electrons. The molecule has 206 valence electrons. The molecular formula is C24H39N7O6. The highest BCUT2D eigenvalue weighted by atomic mass is 16.4. The number of aliphatic imine (C=N–C) groups is 1. The van der Waals surface area contributed by atoms with E-state index in [1.807, 2.05) is 0 Å². The van der Waals surface area contributed by atoms with Crippen molar-refractivity contribution in [3.8, 4) is 0 Å². The number of aliphatic carboxylic acids is 1. The normalized spacial score (nSPS) is 15.0. The van der Waals surface area contributed by atoms with Crippen molar-refractivity contribution < 1.29 is 29.4 Å². The molecule has 5 atom stereocenters. The van der Waals surface area contributed by atoms with Gasteiger partial charge in [0.2, 0.25) is 17.7 Å². The minimum absolute atomic E-state index is 0.00807. The van der Waals surface area contributed by atoms with Gasteiger partial charge >= 0.3 is 5.97 Å². The molecule has 0 aromatic heterocycles. The Balaban J connectivity index is 2.85. The molecule has 0 heterocycles. The van der Waals surface area contributed by atoms with Gasteiger partial charge in [-0.3, -0.25) is 19.4 Å². The summed E-state index contributed by atoms with van der Waals surface area (Å²) in [6.45, 7) is 4.95. The fourth-order valence-electron chi connectivity index (χ4n) is 3.41. The number of benzene rings is 1. The van der Waals surface area contributed by atoms with Crippen LogP contribution < -0.4 is 33.2 Å². The second kappa shape index (κ2) is 15.4. The van der Waals surface area contributed by atoms with Crippen molar-refractivity contribution in [2.75, 3.05) is 6.54 Å². The molecule has 0 saturated heterocycles. The molecule has 0 bridgehead atoms. The number of nitrogens with zero attached hydrogens (tertiary/aromatic N) is 1. The summed E-state index contributed by atoms with van der Waals surface area (Å²) in [6, 6.07) is 3.96. The number of aliphatic hydroxyl groups is 1. The van der Waals surface area contributed by atoms with E-state index < -0.39 is 54.0 Å². The van der Waals surface area contributed by atoms with Crippen LogP contribution in [0.1, 0.15) is 39.2 Å². The number of aliphatic hydroxyl groups excluding tert-OH is 1. The Kier molecular flexibility index (Phi) is 13.0. The first-order chi connectivity index (χ1) is 17.3. The van der Waals surface area contributed by atoms with Crippen molar-refractivity contribution in [3.63, 3.8) is 0 Å². The average Bonchev–Trinajstić information content (AvgIpc) is 2.82. The van der Waals surface area contributed by atoms with Crippen LogP contribution in [0, 0.1) is 5.92 Å². The fourth-order valence-corrected chi connectivity index (χ4v) is 3.41. The Labute approximate surface area is 216 Å². The molecule has 11 N–H and O–H groups in total. The number of rotatable bonds is 15. The fraction of sp³-hybridized carbons (Fsp3) is 0.542. The third kappa shape index (κ3) is 11.3. The summed E-state index contributed by atoms with van der Waals surface area (Å²) in [5.74, 6) is -3.91. The Morgan fingerprint density at radius 3 is 2.00 bits per heavy atom. The van der Waals surface area contributed by atoms with Gasteiger partial charge in [0.25, 0.3) is 0 Å². The van der Waals surface area contributed by atoms with E-state index in [1.165, 1.54) is 6.92 Å². The van der Waals surface area contributed by atoms with Gasteiger partial charge in [0.05, 0.1) is 12.1 Å². The zero-order chi connectivity index (χ0) is 28.1. The summed E-state index contributed by atoms with van der Waals surface area (Å²) in [7, 11) is 0. The maximum absolute atomic E-state index is 13.0. The topological polar surface area (TPSA) is 235 Å². The van der Waals surface area contributed by atoms with E-state index in [0.29, 0.717) is 18.5 Å². The maximum Gasteiger partial charge on any atom is 0.326 e. The zero-order valence-corrected chi connectivity index (χ0v) is 21.4. The van der Waals surface area contributed by atoms with Crippen LogP contribution in [0.25, 0.3) is 0 Å². The second-order valence-electron chi connectivity index (χ2n) is 9.10. The third-order valence-electron chi connectivity index (χ3n) is 5.51. The summed E-state index contributed by atoms with van der Waals surface area (Å²) >= 11 is 0. The summed E-state index contributed by atoms with van der Waals surface area (Å²) in [5.41, 5.74) is 17.1. The Hall–Kier alpha value is -3.71. The zero-order valence-electron chi connectivity index (χ0n) is 21.4. The molecule has 0 unspecified atom stereocenters. The van der Waals surface area contributed by atoms with Crippen LogP contribution in [-0.4, -0.2) is 76.7 Å². The van der Waals surface area contributed by atoms with E-state index >= 15 is 0 Å². The molecule has 0 aliphatic heterocycles. The van der Waals surface area contributed by atoms with Gasteiger partial charge in [-0.05, 0) is 31.2 Å². The van der Waals surface area contributed by atoms with Gasteiger partial charge in [-0.1, -0.05) is 44.2 Å². The number of carboxylic acids is 1. The van der Waals surface area contributed by atoms with E-state index in [4.69, 9.17) is 17.2 Å². The largest absolute Gasteiger partial charge is 0.480 e. The first-order valence-corrected chi connectivity index (χ1v) is 12.0. The van der Waals surface area contributed by atoms with E-state index in [0.717, 1.165) is 0 Å². The van der Waals surface area contributed by atoms with E-state index in [9.17, 15) is 29.4 Å². The molecule has 0 fully saturated rings. The number of carbonyl (C=O) groups is 4. The number of carboxylic acid groups (broad SMARTS) is 1. The van der Waals surface area contributed by atoms with Crippen LogP contribution in [0.5, 0.6) is 0 Å². The monoisotopic (exact) mass is 521 g/mol. The highest BCUT2D eigenvalue weighted by Crippen LogP contribution is 2.07. The number of nitrogens with one attached hydrogen (secondary N) is 3. The standard InChI is InChI=1S/C24H39N7O6/c1-13(2)18(30-20(33)16(25)10-7-11-28-24(26)27)21(34)31-19(14(3)32)22(35)29-17(23(36)37)12-15-8-5-4-6-9-15/h4-6,8-9,13-14,16-19,32H,7,10-12,25H2,1-3H3,(H,29,35)(H,30,33)(H,31,34)(H,36,37)(H4,26,27,28)/t14-,16+,17-,18+,19+/m1/s1. The van der Waals surface area contributed by atoms with Gasteiger partial charge in [-0.2, -0.15) is 0 Å². The summed E-state index contributed by atoms with van der Waals surface area (Å²) in [5, 5.41) is 27.1. The Morgan fingerprint density at radius 1 is 0.919 bits per heavy atom. The van der Waals surface area contributed by atoms with E-state index in [1.54, 1.807) is 44.2 Å². The molecule has 1 aromatic rings. The third-order valence-corrected chi connectivity index (χ3v) is 5.51. The lowest BCUT2D eigenvalue weighted by atomic mass is 10.0. The molecule has 1 rings (SSSR count). The molecule has 0 aliphatic rings. The van der Waals surface area contributed by atoms with Crippen molar-refractivity contribution >= 4 is 29.7 Å². The van der Waals surface area contributed by atoms with Gasteiger partial charge in [-0.15, -0.1) is 0 Å². The molecule has 0 spiro atoms. The number of hydrogen-bond donors (Lipinski definition) is 8. The first-order valence-electron chi connectivity index (χ1n) is 12.0. The van der Waals surface area contributed by atoms with Gasteiger partial charge in [-0.25, -0.2) is 4.79 Å².